The van der Waals surface area contributed by atoms with E-state index in [0.29, 0.717) is 28.9 Å². The molecule has 4 aromatic rings. The SMILES string of the molecule is COc1ccc(-c2cnn(C)c2)c2c1CC(NC(=O)c1ccc3ocnc3c1)=N2. The number of aromatic nitrogens is 3. The summed E-state index contributed by atoms with van der Waals surface area (Å²) in [6.07, 6.45) is 5.56. The molecule has 2 aromatic carbocycles. The van der Waals surface area contributed by atoms with Crippen molar-refractivity contribution in [2.75, 3.05) is 7.11 Å². The Morgan fingerprint density at radius 1 is 1.28 bits per heavy atom. The Bertz CT molecular complexity index is 1280. The van der Waals surface area contributed by atoms with Gasteiger partial charge in [0.15, 0.2) is 12.0 Å². The van der Waals surface area contributed by atoms with E-state index in [4.69, 9.17) is 14.1 Å². The topological polar surface area (TPSA) is 94.5 Å². The Balaban J connectivity index is 1.47. The van der Waals surface area contributed by atoms with Crippen molar-refractivity contribution in [1.29, 1.82) is 0 Å². The summed E-state index contributed by atoms with van der Waals surface area (Å²) in [7, 11) is 3.50. The van der Waals surface area contributed by atoms with Gasteiger partial charge in [-0.2, -0.15) is 5.10 Å². The summed E-state index contributed by atoms with van der Waals surface area (Å²) < 4.78 is 12.5. The number of hydrogen-bond acceptors (Lipinski definition) is 6. The maximum Gasteiger partial charge on any atom is 0.256 e. The first-order chi connectivity index (χ1) is 14.1. The van der Waals surface area contributed by atoms with E-state index in [-0.39, 0.29) is 5.91 Å². The predicted molar refractivity (Wildman–Crippen MR) is 107 cm³/mol. The molecule has 144 valence electrons. The number of hydrogen-bond donors (Lipinski definition) is 1. The highest BCUT2D eigenvalue weighted by Gasteiger charge is 2.24. The average molecular weight is 387 g/mol. The van der Waals surface area contributed by atoms with E-state index in [1.165, 1.54) is 6.39 Å². The van der Waals surface area contributed by atoms with Crippen LogP contribution in [0.2, 0.25) is 0 Å². The first-order valence-electron chi connectivity index (χ1n) is 9.03. The second-order valence-electron chi connectivity index (χ2n) is 6.77. The van der Waals surface area contributed by atoms with E-state index in [9.17, 15) is 4.79 Å². The second-order valence-corrected chi connectivity index (χ2v) is 6.77. The van der Waals surface area contributed by atoms with Gasteiger partial charge in [0, 0.05) is 41.9 Å². The first kappa shape index (κ1) is 17.2. The molecule has 0 radical (unpaired) electrons. The minimum Gasteiger partial charge on any atom is -0.496 e. The van der Waals surface area contributed by atoms with E-state index >= 15 is 0 Å². The van der Waals surface area contributed by atoms with Gasteiger partial charge in [-0.3, -0.25) is 9.48 Å². The molecule has 1 amide bonds. The molecule has 8 heteroatoms. The standard InChI is InChI=1S/C21H17N5O3/c1-26-10-13(9-23-26)14-4-6-17(28-2)15-8-19(24-20(14)15)25-21(27)12-3-5-18-16(7-12)22-11-29-18/h3-7,9-11H,8H2,1-2H3,(H,24,25,27). The molecule has 1 N–H and O–H groups in total. The largest absolute Gasteiger partial charge is 0.496 e. The lowest BCUT2D eigenvalue weighted by Crippen LogP contribution is -2.30. The zero-order chi connectivity index (χ0) is 20.0. The molecule has 1 aliphatic heterocycles. The molecule has 2 aromatic heterocycles. The molecular weight excluding hydrogens is 370 g/mol. The summed E-state index contributed by atoms with van der Waals surface area (Å²) >= 11 is 0. The third-order valence-corrected chi connectivity index (χ3v) is 4.92. The number of nitrogens with zero attached hydrogens (tertiary/aromatic N) is 4. The van der Waals surface area contributed by atoms with Crippen LogP contribution in [0.4, 0.5) is 5.69 Å². The molecule has 0 aliphatic carbocycles. The second kappa shape index (κ2) is 6.59. The van der Waals surface area contributed by atoms with Gasteiger partial charge in [-0.1, -0.05) is 0 Å². The third kappa shape index (κ3) is 2.94. The van der Waals surface area contributed by atoms with E-state index in [2.05, 4.69) is 15.4 Å². The lowest BCUT2D eigenvalue weighted by molar-refractivity contribution is 0.0976. The number of rotatable bonds is 3. The average Bonchev–Trinajstić information content (AvgIpc) is 3.45. The summed E-state index contributed by atoms with van der Waals surface area (Å²) in [5.74, 6) is 1.06. The first-order valence-corrected chi connectivity index (χ1v) is 9.03. The number of benzene rings is 2. The van der Waals surface area contributed by atoms with Crippen LogP contribution in [0.5, 0.6) is 5.75 Å². The summed E-state index contributed by atoms with van der Waals surface area (Å²) in [6, 6.07) is 9.00. The normalized spacial score (nSPS) is 12.7. The zero-order valence-corrected chi connectivity index (χ0v) is 15.8. The Morgan fingerprint density at radius 2 is 2.17 bits per heavy atom. The summed E-state index contributed by atoms with van der Waals surface area (Å²) in [4.78, 5) is 21.5. The monoisotopic (exact) mass is 387 g/mol. The van der Waals surface area contributed by atoms with Crippen molar-refractivity contribution in [3.8, 4) is 16.9 Å². The van der Waals surface area contributed by atoms with Crippen LogP contribution in [0.1, 0.15) is 15.9 Å². The number of oxazole rings is 1. The molecule has 0 fully saturated rings. The molecule has 8 nitrogen and oxygen atoms in total. The number of aliphatic imine (C=N–C) groups is 1. The summed E-state index contributed by atoms with van der Waals surface area (Å²) in [5, 5.41) is 7.15. The fourth-order valence-electron chi connectivity index (χ4n) is 3.52. The van der Waals surface area contributed by atoms with Gasteiger partial charge in [-0.15, -0.1) is 0 Å². The van der Waals surface area contributed by atoms with Gasteiger partial charge in [0.25, 0.3) is 5.91 Å². The van der Waals surface area contributed by atoms with Gasteiger partial charge in [0.1, 0.15) is 17.1 Å². The Labute approximate surface area is 165 Å². The minimum atomic E-state index is -0.247. The van der Waals surface area contributed by atoms with Crippen molar-refractivity contribution in [2.45, 2.75) is 6.42 Å². The molecule has 0 atom stereocenters. The van der Waals surface area contributed by atoms with Crippen molar-refractivity contribution in [3.05, 3.63) is 60.2 Å². The smallest absolute Gasteiger partial charge is 0.256 e. The van der Waals surface area contributed by atoms with Crippen molar-refractivity contribution in [2.24, 2.45) is 12.0 Å². The molecular formula is C21H17N5O3. The van der Waals surface area contributed by atoms with Gasteiger partial charge >= 0.3 is 0 Å². The van der Waals surface area contributed by atoms with Crippen molar-refractivity contribution in [1.82, 2.24) is 20.1 Å². The zero-order valence-electron chi connectivity index (χ0n) is 15.8. The quantitative estimate of drug-likeness (QED) is 0.582. The number of amides is 1. The lowest BCUT2D eigenvalue weighted by Gasteiger charge is -2.09. The van der Waals surface area contributed by atoms with Crippen molar-refractivity contribution >= 4 is 28.5 Å². The highest BCUT2D eigenvalue weighted by molar-refractivity contribution is 6.10. The van der Waals surface area contributed by atoms with Crippen LogP contribution in [0.25, 0.3) is 22.2 Å². The number of methoxy groups -OCH3 is 1. The fraction of sp³-hybridized carbons (Fsp3) is 0.143. The summed E-state index contributed by atoms with van der Waals surface area (Å²) in [5.41, 5.74) is 5.40. The number of carbonyl (C=O) groups excluding carboxylic acids is 1. The van der Waals surface area contributed by atoms with Gasteiger partial charge in [-0.25, -0.2) is 9.98 Å². The van der Waals surface area contributed by atoms with Crippen LogP contribution in [-0.4, -0.2) is 33.6 Å². The fourth-order valence-corrected chi connectivity index (χ4v) is 3.52. The van der Waals surface area contributed by atoms with E-state index < -0.39 is 0 Å². The highest BCUT2D eigenvalue weighted by atomic mass is 16.5. The van der Waals surface area contributed by atoms with Gasteiger partial charge < -0.3 is 14.5 Å². The van der Waals surface area contributed by atoms with Crippen LogP contribution >= 0.6 is 0 Å². The maximum atomic E-state index is 12.7. The number of nitrogens with one attached hydrogen (secondary N) is 1. The molecule has 0 unspecified atom stereocenters. The third-order valence-electron chi connectivity index (χ3n) is 4.92. The summed E-state index contributed by atoms with van der Waals surface area (Å²) in [6.45, 7) is 0. The number of ether oxygens (including phenoxy) is 1. The van der Waals surface area contributed by atoms with E-state index in [1.807, 2.05) is 25.4 Å². The van der Waals surface area contributed by atoms with Crippen molar-refractivity contribution in [3.63, 3.8) is 0 Å². The lowest BCUT2D eigenvalue weighted by atomic mass is 10.0. The molecule has 0 bridgehead atoms. The van der Waals surface area contributed by atoms with Crippen LogP contribution in [-0.2, 0) is 13.5 Å². The number of aryl methyl sites for hydroxylation is 1. The van der Waals surface area contributed by atoms with E-state index in [0.717, 1.165) is 28.1 Å². The number of fused-ring (bicyclic) bond motifs is 2. The Morgan fingerprint density at radius 3 is 2.97 bits per heavy atom. The van der Waals surface area contributed by atoms with Crippen LogP contribution < -0.4 is 10.1 Å². The van der Waals surface area contributed by atoms with Crippen LogP contribution in [0.3, 0.4) is 0 Å². The van der Waals surface area contributed by atoms with Crippen molar-refractivity contribution < 1.29 is 13.9 Å². The number of carbonyl (C=O) groups is 1. The Hall–Kier alpha value is -3.94. The minimum absolute atomic E-state index is 0.247. The van der Waals surface area contributed by atoms with Crippen LogP contribution in [0.15, 0.2) is 58.5 Å². The van der Waals surface area contributed by atoms with E-state index in [1.54, 1.807) is 36.2 Å². The molecule has 0 saturated carbocycles. The molecule has 29 heavy (non-hydrogen) atoms. The molecule has 3 heterocycles. The highest BCUT2D eigenvalue weighted by Crippen LogP contribution is 2.41. The van der Waals surface area contributed by atoms with Gasteiger partial charge in [-0.05, 0) is 30.3 Å². The van der Waals surface area contributed by atoms with Gasteiger partial charge in [0.05, 0.1) is 19.0 Å². The van der Waals surface area contributed by atoms with Crippen LogP contribution in [0, 0.1) is 0 Å². The molecule has 5 rings (SSSR count). The van der Waals surface area contributed by atoms with Gasteiger partial charge in [0.2, 0.25) is 0 Å². The molecule has 0 saturated heterocycles. The maximum absolute atomic E-state index is 12.7. The molecule has 0 spiro atoms. The Kier molecular flexibility index (Phi) is 3.90. The molecule has 1 aliphatic rings. The number of amidine groups is 1. The predicted octanol–water partition coefficient (Wildman–Crippen LogP) is 3.25.